The molecule has 1 aromatic carbocycles. The highest BCUT2D eigenvalue weighted by molar-refractivity contribution is 7.22. The standard InChI is InChI=1S/C23H23FN6O5S/c1-23(2,3)35-22(31)30(4)21-28-16-7-6-14(9-18(16)36-21)34-19(20-29-26-12-33-20)17-8-13(10-27-32-5)15(24)11-25-17/h6-12,19H,1-5H3/b27-10+. The first-order chi connectivity index (χ1) is 17.1. The smallest absolute Gasteiger partial charge is 0.416 e. The number of thiazole rings is 1. The minimum Gasteiger partial charge on any atom is -0.474 e. The molecule has 11 nitrogen and oxygen atoms in total. The van der Waals surface area contributed by atoms with Gasteiger partial charge in [0.2, 0.25) is 12.5 Å². The Bertz CT molecular complexity index is 1390. The Hall–Kier alpha value is -4.13. The summed E-state index contributed by atoms with van der Waals surface area (Å²) in [6, 6.07) is 6.68. The molecule has 1 amide bonds. The second-order valence-corrected chi connectivity index (χ2v) is 9.50. The summed E-state index contributed by atoms with van der Waals surface area (Å²) in [5.74, 6) is -0.0194. The molecule has 0 radical (unpaired) electrons. The molecule has 0 aliphatic rings. The molecule has 0 saturated carbocycles. The third-order valence-corrected chi connectivity index (χ3v) is 5.72. The van der Waals surface area contributed by atoms with E-state index in [4.69, 9.17) is 13.9 Å². The van der Waals surface area contributed by atoms with Crippen LogP contribution in [0.2, 0.25) is 0 Å². The van der Waals surface area contributed by atoms with Crippen molar-refractivity contribution in [1.29, 1.82) is 0 Å². The number of halogens is 1. The maximum absolute atomic E-state index is 14.2. The molecule has 0 N–H and O–H groups in total. The molecule has 0 aliphatic carbocycles. The Morgan fingerprint density at radius 2 is 2.11 bits per heavy atom. The monoisotopic (exact) mass is 514 g/mol. The summed E-state index contributed by atoms with van der Waals surface area (Å²) in [6.07, 6.45) is 1.98. The molecule has 3 aromatic heterocycles. The summed E-state index contributed by atoms with van der Waals surface area (Å²) in [6.45, 7) is 5.39. The largest absolute Gasteiger partial charge is 0.474 e. The number of hydrogen-bond donors (Lipinski definition) is 0. The number of benzene rings is 1. The maximum atomic E-state index is 14.2. The number of ether oxygens (including phenoxy) is 2. The molecule has 0 aliphatic heterocycles. The van der Waals surface area contributed by atoms with Gasteiger partial charge in [0.15, 0.2) is 5.13 Å². The van der Waals surface area contributed by atoms with Crippen LogP contribution in [0.3, 0.4) is 0 Å². The van der Waals surface area contributed by atoms with Gasteiger partial charge in [-0.3, -0.25) is 9.88 Å². The number of carbonyl (C=O) groups is 1. The average Bonchev–Trinajstić information content (AvgIpc) is 3.50. The molecule has 0 bridgehead atoms. The fourth-order valence-corrected chi connectivity index (χ4v) is 3.96. The summed E-state index contributed by atoms with van der Waals surface area (Å²) in [4.78, 5) is 27.1. The number of fused-ring (bicyclic) bond motifs is 1. The number of pyridine rings is 1. The van der Waals surface area contributed by atoms with E-state index in [0.29, 0.717) is 22.1 Å². The number of nitrogens with zero attached hydrogens (tertiary/aromatic N) is 6. The van der Waals surface area contributed by atoms with Crippen LogP contribution in [0, 0.1) is 5.82 Å². The Morgan fingerprint density at radius 1 is 1.31 bits per heavy atom. The minimum atomic E-state index is -0.933. The molecular formula is C23H23FN6O5S. The van der Waals surface area contributed by atoms with Gasteiger partial charge in [-0.25, -0.2) is 14.2 Å². The number of rotatable bonds is 7. The summed E-state index contributed by atoms with van der Waals surface area (Å²) in [5.41, 5.74) is 0.497. The first-order valence-corrected chi connectivity index (χ1v) is 11.5. The topological polar surface area (TPSA) is 125 Å². The van der Waals surface area contributed by atoms with Crippen molar-refractivity contribution in [2.45, 2.75) is 32.5 Å². The normalized spacial score (nSPS) is 12.6. The van der Waals surface area contributed by atoms with Gasteiger partial charge in [0.1, 0.15) is 24.3 Å². The molecule has 0 spiro atoms. The van der Waals surface area contributed by atoms with Crippen molar-refractivity contribution in [3.05, 3.63) is 59.8 Å². The van der Waals surface area contributed by atoms with Gasteiger partial charge in [-0.2, -0.15) is 0 Å². The number of carbonyl (C=O) groups excluding carboxylic acids is 1. The lowest BCUT2D eigenvalue weighted by Crippen LogP contribution is -2.34. The minimum absolute atomic E-state index is 0.124. The third-order valence-electron chi connectivity index (χ3n) is 4.63. The van der Waals surface area contributed by atoms with Gasteiger partial charge in [-0.15, -0.1) is 10.2 Å². The zero-order valence-electron chi connectivity index (χ0n) is 20.1. The van der Waals surface area contributed by atoms with Crippen molar-refractivity contribution >= 4 is 39.0 Å². The van der Waals surface area contributed by atoms with Gasteiger partial charge < -0.3 is 18.7 Å². The van der Waals surface area contributed by atoms with E-state index >= 15 is 0 Å². The van der Waals surface area contributed by atoms with Gasteiger partial charge in [-0.1, -0.05) is 16.5 Å². The molecule has 4 rings (SSSR count). The van der Waals surface area contributed by atoms with Crippen LogP contribution in [0.25, 0.3) is 10.2 Å². The predicted molar refractivity (Wildman–Crippen MR) is 130 cm³/mol. The molecule has 1 unspecified atom stereocenters. The fourth-order valence-electron chi connectivity index (χ4n) is 3.01. The molecule has 4 aromatic rings. The van der Waals surface area contributed by atoms with Crippen LogP contribution >= 0.6 is 11.3 Å². The second-order valence-electron chi connectivity index (χ2n) is 8.49. The van der Waals surface area contributed by atoms with Crippen LogP contribution in [-0.2, 0) is 9.57 Å². The number of amides is 1. The molecule has 0 saturated heterocycles. The lowest BCUT2D eigenvalue weighted by Gasteiger charge is -2.23. The quantitative estimate of drug-likeness (QED) is 0.254. The van der Waals surface area contributed by atoms with Crippen LogP contribution in [-0.4, -0.2) is 52.2 Å². The number of hydrogen-bond acceptors (Lipinski definition) is 11. The molecule has 3 heterocycles. The van der Waals surface area contributed by atoms with Crippen LogP contribution in [0.4, 0.5) is 14.3 Å². The lowest BCUT2D eigenvalue weighted by atomic mass is 10.1. The van der Waals surface area contributed by atoms with Crippen molar-refractivity contribution in [2.75, 3.05) is 19.1 Å². The van der Waals surface area contributed by atoms with Crippen molar-refractivity contribution in [1.82, 2.24) is 20.2 Å². The zero-order chi connectivity index (χ0) is 25.9. The second kappa shape index (κ2) is 10.2. The summed E-state index contributed by atoms with van der Waals surface area (Å²) in [7, 11) is 2.95. The molecule has 36 heavy (non-hydrogen) atoms. The van der Waals surface area contributed by atoms with Gasteiger partial charge >= 0.3 is 6.09 Å². The molecule has 1 atom stereocenters. The van der Waals surface area contributed by atoms with E-state index in [1.807, 2.05) is 0 Å². The highest BCUT2D eigenvalue weighted by Crippen LogP contribution is 2.34. The highest BCUT2D eigenvalue weighted by Gasteiger charge is 2.26. The van der Waals surface area contributed by atoms with E-state index in [9.17, 15) is 9.18 Å². The Labute approximate surface area is 209 Å². The summed E-state index contributed by atoms with van der Waals surface area (Å²) in [5, 5.41) is 11.7. The summed E-state index contributed by atoms with van der Waals surface area (Å²) >= 11 is 1.29. The van der Waals surface area contributed by atoms with E-state index in [1.165, 1.54) is 35.6 Å². The number of anilines is 1. The molecular weight excluding hydrogens is 491 g/mol. The van der Waals surface area contributed by atoms with Crippen molar-refractivity contribution < 1.29 is 27.9 Å². The molecule has 188 valence electrons. The van der Waals surface area contributed by atoms with Gasteiger partial charge in [0.25, 0.3) is 5.89 Å². The van der Waals surface area contributed by atoms with E-state index in [-0.39, 0.29) is 11.5 Å². The Morgan fingerprint density at radius 3 is 2.81 bits per heavy atom. The Kier molecular flexibility index (Phi) is 7.10. The fraction of sp³-hybridized carbons (Fsp3) is 0.304. The third kappa shape index (κ3) is 5.74. The lowest BCUT2D eigenvalue weighted by molar-refractivity contribution is 0.0589. The Balaban J connectivity index is 1.63. The number of oxime groups is 1. The van der Waals surface area contributed by atoms with Gasteiger partial charge in [0, 0.05) is 12.6 Å². The maximum Gasteiger partial charge on any atom is 0.416 e. The van der Waals surface area contributed by atoms with E-state index < -0.39 is 23.6 Å². The zero-order valence-corrected chi connectivity index (χ0v) is 20.9. The van der Waals surface area contributed by atoms with Crippen molar-refractivity contribution in [3.63, 3.8) is 0 Å². The predicted octanol–water partition coefficient (Wildman–Crippen LogP) is 4.73. The van der Waals surface area contributed by atoms with E-state index in [0.717, 1.165) is 17.3 Å². The number of aromatic nitrogens is 4. The SMILES string of the molecule is CO/N=C/c1cc(C(Oc2ccc3nc(N(C)C(=O)OC(C)(C)C)sc3c2)c2nnco2)ncc1F. The van der Waals surface area contributed by atoms with Crippen LogP contribution in [0.15, 0.2) is 46.4 Å². The summed E-state index contributed by atoms with van der Waals surface area (Å²) < 4.78 is 31.9. The van der Waals surface area contributed by atoms with Crippen LogP contribution < -0.4 is 9.64 Å². The average molecular weight is 515 g/mol. The van der Waals surface area contributed by atoms with E-state index in [2.05, 4.69) is 30.2 Å². The van der Waals surface area contributed by atoms with Crippen LogP contribution in [0.1, 0.15) is 44.0 Å². The first kappa shape index (κ1) is 25.0. The van der Waals surface area contributed by atoms with Crippen LogP contribution in [0.5, 0.6) is 5.75 Å². The van der Waals surface area contributed by atoms with Gasteiger partial charge in [0.05, 0.1) is 28.3 Å². The van der Waals surface area contributed by atoms with E-state index in [1.54, 1.807) is 46.0 Å². The first-order valence-electron chi connectivity index (χ1n) is 10.7. The molecule has 13 heteroatoms. The van der Waals surface area contributed by atoms with Crippen molar-refractivity contribution in [2.24, 2.45) is 5.16 Å². The van der Waals surface area contributed by atoms with Crippen molar-refractivity contribution in [3.8, 4) is 5.75 Å². The van der Waals surface area contributed by atoms with Gasteiger partial charge in [-0.05, 0) is 45.0 Å². The molecule has 0 fully saturated rings. The highest BCUT2D eigenvalue weighted by atomic mass is 32.1.